The molecule has 5 nitrogen and oxygen atoms in total. The maximum Gasteiger partial charge on any atom is 0.239 e. The Morgan fingerprint density at radius 1 is 0.964 bits per heavy atom. The quantitative estimate of drug-likeness (QED) is 0.616. The van der Waals surface area contributed by atoms with Crippen LogP contribution in [0.2, 0.25) is 0 Å². The highest BCUT2D eigenvalue weighted by Crippen LogP contribution is 2.22. The Bertz CT molecular complexity index is 933. The number of nitrogens with one attached hydrogen (secondary N) is 2. The molecule has 146 valence electrons. The summed E-state index contributed by atoms with van der Waals surface area (Å²) in [5.41, 5.74) is 0.960. The largest absolute Gasteiger partial charge is 0.353 e. The average molecular weight is 396 g/mol. The van der Waals surface area contributed by atoms with Crippen LogP contribution in [0, 0.1) is 0 Å². The highest BCUT2D eigenvalue weighted by Gasteiger charge is 2.16. The minimum atomic E-state index is -0.185. The third-order valence-electron chi connectivity index (χ3n) is 4.66. The van der Waals surface area contributed by atoms with Crippen molar-refractivity contribution in [2.45, 2.75) is 12.5 Å². The van der Waals surface area contributed by atoms with E-state index in [4.69, 9.17) is 0 Å². The topological polar surface area (TPSA) is 61.4 Å². The molecule has 6 heteroatoms. The van der Waals surface area contributed by atoms with E-state index in [0.29, 0.717) is 6.54 Å². The van der Waals surface area contributed by atoms with Gasteiger partial charge >= 0.3 is 0 Å². The summed E-state index contributed by atoms with van der Waals surface area (Å²) in [6.45, 7) is 0.486. The van der Waals surface area contributed by atoms with Gasteiger partial charge in [0, 0.05) is 11.4 Å². The molecule has 0 aliphatic rings. The van der Waals surface area contributed by atoms with Gasteiger partial charge in [-0.2, -0.15) is 0 Å². The number of hydrogen-bond acceptors (Lipinski definition) is 4. The zero-order valence-corrected chi connectivity index (χ0v) is 17.0. The standard InChI is InChI=1S/C22H25N3O2S/c1-25(2)19(20-11-6-12-28-20)14-23-22(27)15-24-21(26)13-17-9-5-8-16-7-3-4-10-18(16)17/h3-12,19H,13-15H2,1-2H3,(H,23,27)(H,24,26)/t19-/m1/s1. The monoisotopic (exact) mass is 395 g/mol. The van der Waals surface area contributed by atoms with Gasteiger partial charge in [0.25, 0.3) is 0 Å². The van der Waals surface area contributed by atoms with E-state index in [-0.39, 0.29) is 30.8 Å². The van der Waals surface area contributed by atoms with Gasteiger partial charge in [-0.05, 0) is 41.9 Å². The molecule has 2 aromatic carbocycles. The Labute approximate surface area is 169 Å². The van der Waals surface area contributed by atoms with Crippen molar-refractivity contribution < 1.29 is 9.59 Å². The molecule has 0 aliphatic heterocycles. The molecular weight excluding hydrogens is 370 g/mol. The lowest BCUT2D eigenvalue weighted by Gasteiger charge is -2.23. The number of carbonyl (C=O) groups is 2. The van der Waals surface area contributed by atoms with Crippen LogP contribution in [0.4, 0.5) is 0 Å². The fourth-order valence-corrected chi connectivity index (χ4v) is 4.08. The number of thiophene rings is 1. The predicted molar refractivity (Wildman–Crippen MR) is 114 cm³/mol. The summed E-state index contributed by atoms with van der Waals surface area (Å²) in [4.78, 5) is 27.7. The second-order valence-corrected chi connectivity index (χ2v) is 7.87. The lowest BCUT2D eigenvalue weighted by molar-refractivity contribution is -0.125. The van der Waals surface area contributed by atoms with Crippen molar-refractivity contribution in [2.24, 2.45) is 0 Å². The third kappa shape index (κ3) is 5.18. The zero-order valence-electron chi connectivity index (χ0n) is 16.1. The maximum atomic E-state index is 12.3. The van der Waals surface area contributed by atoms with Crippen LogP contribution < -0.4 is 10.6 Å². The Kier molecular flexibility index (Phi) is 6.79. The summed E-state index contributed by atoms with van der Waals surface area (Å²) in [6.07, 6.45) is 0.254. The van der Waals surface area contributed by atoms with E-state index in [1.54, 1.807) is 11.3 Å². The van der Waals surface area contributed by atoms with Crippen LogP contribution in [0.3, 0.4) is 0 Å². The van der Waals surface area contributed by atoms with Gasteiger partial charge in [0.05, 0.1) is 19.0 Å². The highest BCUT2D eigenvalue weighted by molar-refractivity contribution is 7.10. The molecule has 0 bridgehead atoms. The average Bonchev–Trinajstić information content (AvgIpc) is 3.21. The van der Waals surface area contributed by atoms with E-state index < -0.39 is 0 Å². The summed E-state index contributed by atoms with van der Waals surface area (Å²) in [6, 6.07) is 18.1. The lowest BCUT2D eigenvalue weighted by Crippen LogP contribution is -2.40. The first kappa shape index (κ1) is 20.0. The van der Waals surface area contributed by atoms with Crippen molar-refractivity contribution in [1.82, 2.24) is 15.5 Å². The molecule has 1 aromatic heterocycles. The van der Waals surface area contributed by atoms with Gasteiger partial charge in [0.15, 0.2) is 0 Å². The number of benzene rings is 2. The molecule has 1 atom stereocenters. The molecule has 0 fully saturated rings. The Hall–Kier alpha value is -2.70. The first-order chi connectivity index (χ1) is 13.5. The Morgan fingerprint density at radius 3 is 2.50 bits per heavy atom. The van der Waals surface area contributed by atoms with Gasteiger partial charge in [-0.15, -0.1) is 11.3 Å². The summed E-state index contributed by atoms with van der Waals surface area (Å²) in [7, 11) is 3.98. The molecule has 0 radical (unpaired) electrons. The molecule has 0 spiro atoms. The number of hydrogen-bond donors (Lipinski definition) is 2. The van der Waals surface area contributed by atoms with Crippen LogP contribution in [-0.4, -0.2) is 43.9 Å². The van der Waals surface area contributed by atoms with E-state index in [2.05, 4.69) is 21.6 Å². The van der Waals surface area contributed by atoms with Crippen molar-refractivity contribution in [2.75, 3.05) is 27.2 Å². The minimum Gasteiger partial charge on any atom is -0.353 e. The SMILES string of the molecule is CN(C)[C@H](CNC(=O)CNC(=O)Cc1cccc2ccccc12)c1cccs1. The molecule has 0 saturated carbocycles. The Balaban J connectivity index is 1.49. The smallest absolute Gasteiger partial charge is 0.239 e. The van der Waals surface area contributed by atoms with Crippen LogP contribution in [0.5, 0.6) is 0 Å². The fraction of sp³-hybridized carbons (Fsp3) is 0.273. The summed E-state index contributed by atoms with van der Waals surface area (Å²) in [5.74, 6) is -0.344. The first-order valence-corrected chi connectivity index (χ1v) is 10.1. The van der Waals surface area contributed by atoms with E-state index in [1.807, 2.05) is 68.0 Å². The second-order valence-electron chi connectivity index (χ2n) is 6.89. The molecule has 1 heterocycles. The lowest BCUT2D eigenvalue weighted by atomic mass is 10.0. The van der Waals surface area contributed by atoms with E-state index in [1.165, 1.54) is 4.88 Å². The molecule has 0 saturated heterocycles. The van der Waals surface area contributed by atoms with Gasteiger partial charge in [-0.25, -0.2) is 0 Å². The van der Waals surface area contributed by atoms with E-state index >= 15 is 0 Å². The first-order valence-electron chi connectivity index (χ1n) is 9.24. The molecule has 2 amide bonds. The van der Waals surface area contributed by atoms with Crippen LogP contribution >= 0.6 is 11.3 Å². The molecular formula is C22H25N3O2S. The molecule has 0 aliphatic carbocycles. The zero-order chi connectivity index (χ0) is 19.9. The predicted octanol–water partition coefficient (Wildman–Crippen LogP) is 2.98. The molecule has 3 rings (SSSR count). The van der Waals surface area contributed by atoms with Crippen molar-refractivity contribution in [3.05, 3.63) is 70.4 Å². The van der Waals surface area contributed by atoms with Gasteiger partial charge in [-0.1, -0.05) is 48.5 Å². The van der Waals surface area contributed by atoms with Gasteiger partial charge in [-0.3, -0.25) is 9.59 Å². The number of amides is 2. The van der Waals surface area contributed by atoms with Crippen LogP contribution in [0.25, 0.3) is 10.8 Å². The second kappa shape index (κ2) is 9.48. The third-order valence-corrected chi connectivity index (χ3v) is 5.64. The maximum absolute atomic E-state index is 12.3. The normalized spacial score (nSPS) is 12.1. The van der Waals surface area contributed by atoms with Gasteiger partial charge in [0.2, 0.25) is 11.8 Å². The molecule has 0 unspecified atom stereocenters. The van der Waals surface area contributed by atoms with Crippen molar-refractivity contribution in [3.8, 4) is 0 Å². The number of nitrogens with zero attached hydrogens (tertiary/aromatic N) is 1. The number of rotatable bonds is 8. The molecule has 2 N–H and O–H groups in total. The highest BCUT2D eigenvalue weighted by atomic mass is 32.1. The molecule has 3 aromatic rings. The van der Waals surface area contributed by atoms with Gasteiger partial charge < -0.3 is 15.5 Å². The van der Waals surface area contributed by atoms with Crippen LogP contribution in [0.15, 0.2) is 60.0 Å². The van der Waals surface area contributed by atoms with Crippen molar-refractivity contribution in [1.29, 1.82) is 0 Å². The van der Waals surface area contributed by atoms with Crippen molar-refractivity contribution in [3.63, 3.8) is 0 Å². The number of fused-ring (bicyclic) bond motifs is 1. The Morgan fingerprint density at radius 2 is 1.75 bits per heavy atom. The fourth-order valence-electron chi connectivity index (χ4n) is 3.15. The summed E-state index contributed by atoms with van der Waals surface area (Å²) < 4.78 is 0. The molecule has 28 heavy (non-hydrogen) atoms. The van der Waals surface area contributed by atoms with E-state index in [9.17, 15) is 9.59 Å². The van der Waals surface area contributed by atoms with Crippen LogP contribution in [-0.2, 0) is 16.0 Å². The summed E-state index contributed by atoms with van der Waals surface area (Å²) in [5, 5.41) is 9.83. The van der Waals surface area contributed by atoms with E-state index in [0.717, 1.165) is 16.3 Å². The van der Waals surface area contributed by atoms with Crippen LogP contribution in [0.1, 0.15) is 16.5 Å². The van der Waals surface area contributed by atoms with Crippen molar-refractivity contribution >= 4 is 33.9 Å². The number of carbonyl (C=O) groups excluding carboxylic acids is 2. The summed E-state index contributed by atoms with van der Waals surface area (Å²) >= 11 is 1.67. The van der Waals surface area contributed by atoms with Gasteiger partial charge in [0.1, 0.15) is 0 Å². The number of likely N-dealkylation sites (N-methyl/N-ethyl adjacent to an activating group) is 1. The minimum absolute atomic E-state index is 0.0197.